The van der Waals surface area contributed by atoms with Crippen molar-refractivity contribution >= 4 is 0 Å². The van der Waals surface area contributed by atoms with Crippen molar-refractivity contribution < 1.29 is 14.9 Å². The van der Waals surface area contributed by atoms with Crippen molar-refractivity contribution in [3.05, 3.63) is 23.8 Å². The maximum Gasteiger partial charge on any atom is 0.127 e. The third kappa shape index (κ3) is 2.16. The SMILES string of the molecule is COc1cccc(O)c1[C@@H](N)CCO. The van der Waals surface area contributed by atoms with Crippen LogP contribution < -0.4 is 10.5 Å². The Morgan fingerprint density at radius 3 is 2.79 bits per heavy atom. The Kier molecular flexibility index (Phi) is 3.73. The first-order valence-electron chi connectivity index (χ1n) is 4.43. The molecule has 0 spiro atoms. The Balaban J connectivity index is 3.03. The highest BCUT2D eigenvalue weighted by molar-refractivity contribution is 5.45. The molecular weight excluding hydrogens is 182 g/mol. The van der Waals surface area contributed by atoms with Crippen LogP contribution in [0.25, 0.3) is 0 Å². The first kappa shape index (κ1) is 10.8. The lowest BCUT2D eigenvalue weighted by molar-refractivity contribution is 0.273. The summed E-state index contributed by atoms with van der Waals surface area (Å²) in [5, 5.41) is 18.3. The fraction of sp³-hybridized carbons (Fsp3) is 0.400. The Bertz CT molecular complexity index is 301. The van der Waals surface area contributed by atoms with Gasteiger partial charge in [-0.05, 0) is 18.6 Å². The van der Waals surface area contributed by atoms with Crippen LogP contribution in [-0.2, 0) is 0 Å². The molecule has 0 heterocycles. The molecule has 1 rings (SSSR count). The molecule has 0 bridgehead atoms. The molecule has 0 aromatic heterocycles. The number of aromatic hydroxyl groups is 1. The van der Waals surface area contributed by atoms with Crippen molar-refractivity contribution in [3.63, 3.8) is 0 Å². The summed E-state index contributed by atoms with van der Waals surface area (Å²) in [5.74, 6) is 0.649. The molecule has 0 aliphatic rings. The number of nitrogens with two attached hydrogens (primary N) is 1. The van der Waals surface area contributed by atoms with Crippen molar-refractivity contribution in [2.24, 2.45) is 5.73 Å². The van der Waals surface area contributed by atoms with E-state index in [1.165, 1.54) is 7.11 Å². The van der Waals surface area contributed by atoms with E-state index in [4.69, 9.17) is 15.6 Å². The highest BCUT2D eigenvalue weighted by atomic mass is 16.5. The number of aliphatic hydroxyl groups is 1. The van der Waals surface area contributed by atoms with Crippen molar-refractivity contribution in [3.8, 4) is 11.5 Å². The molecule has 0 unspecified atom stereocenters. The maximum atomic E-state index is 9.58. The van der Waals surface area contributed by atoms with Gasteiger partial charge in [0.1, 0.15) is 11.5 Å². The average Bonchev–Trinajstić information content (AvgIpc) is 2.17. The first-order valence-corrected chi connectivity index (χ1v) is 4.43. The predicted octanol–water partition coefficient (Wildman–Crippen LogP) is 0.783. The summed E-state index contributed by atoms with van der Waals surface area (Å²) < 4.78 is 5.07. The van der Waals surface area contributed by atoms with Gasteiger partial charge in [-0.3, -0.25) is 0 Å². The second kappa shape index (κ2) is 4.83. The quantitative estimate of drug-likeness (QED) is 0.666. The first-order chi connectivity index (χ1) is 6.70. The van der Waals surface area contributed by atoms with Gasteiger partial charge in [0.2, 0.25) is 0 Å². The van der Waals surface area contributed by atoms with Gasteiger partial charge in [0.05, 0.1) is 12.7 Å². The molecule has 78 valence electrons. The second-order valence-electron chi connectivity index (χ2n) is 3.01. The minimum absolute atomic E-state index is 0.0152. The van der Waals surface area contributed by atoms with E-state index in [1.807, 2.05) is 0 Å². The molecule has 1 aromatic carbocycles. The summed E-state index contributed by atoms with van der Waals surface area (Å²) in [6, 6.07) is 4.56. The summed E-state index contributed by atoms with van der Waals surface area (Å²) in [4.78, 5) is 0. The fourth-order valence-electron chi connectivity index (χ4n) is 1.37. The van der Waals surface area contributed by atoms with Gasteiger partial charge in [-0.2, -0.15) is 0 Å². The van der Waals surface area contributed by atoms with Crippen LogP contribution in [-0.4, -0.2) is 23.9 Å². The van der Waals surface area contributed by atoms with Gasteiger partial charge in [-0.1, -0.05) is 6.07 Å². The standard InChI is InChI=1S/C10H15NO3/c1-14-9-4-2-3-8(13)10(9)7(11)5-6-12/h2-4,7,12-13H,5-6,11H2,1H3/t7-/m0/s1. The van der Waals surface area contributed by atoms with Gasteiger partial charge in [0.25, 0.3) is 0 Å². The van der Waals surface area contributed by atoms with E-state index >= 15 is 0 Å². The highest BCUT2D eigenvalue weighted by Gasteiger charge is 2.15. The zero-order chi connectivity index (χ0) is 10.6. The highest BCUT2D eigenvalue weighted by Crippen LogP contribution is 2.33. The van der Waals surface area contributed by atoms with Crippen LogP contribution in [0.15, 0.2) is 18.2 Å². The predicted molar refractivity (Wildman–Crippen MR) is 53.3 cm³/mol. The van der Waals surface area contributed by atoms with Gasteiger partial charge in [-0.15, -0.1) is 0 Å². The number of phenolic OH excluding ortho intramolecular Hbond substituents is 1. The van der Waals surface area contributed by atoms with Crippen molar-refractivity contribution in [2.75, 3.05) is 13.7 Å². The van der Waals surface area contributed by atoms with E-state index in [-0.39, 0.29) is 12.4 Å². The lowest BCUT2D eigenvalue weighted by atomic mass is 10.0. The number of hydrogen-bond acceptors (Lipinski definition) is 4. The summed E-state index contributed by atoms with van der Waals surface area (Å²) >= 11 is 0. The average molecular weight is 197 g/mol. The Morgan fingerprint density at radius 2 is 2.21 bits per heavy atom. The van der Waals surface area contributed by atoms with E-state index < -0.39 is 6.04 Å². The number of ether oxygens (including phenoxy) is 1. The van der Waals surface area contributed by atoms with Crippen molar-refractivity contribution in [2.45, 2.75) is 12.5 Å². The van der Waals surface area contributed by atoms with Crippen molar-refractivity contribution in [1.82, 2.24) is 0 Å². The topological polar surface area (TPSA) is 75.7 Å². The minimum atomic E-state index is -0.406. The molecule has 0 saturated carbocycles. The van der Waals surface area contributed by atoms with Crippen LogP contribution in [0, 0.1) is 0 Å². The van der Waals surface area contributed by atoms with Crippen LogP contribution in [0.2, 0.25) is 0 Å². The zero-order valence-electron chi connectivity index (χ0n) is 8.10. The zero-order valence-corrected chi connectivity index (χ0v) is 8.10. The molecule has 4 N–H and O–H groups in total. The molecule has 1 atom stereocenters. The molecular formula is C10H15NO3. The van der Waals surface area contributed by atoms with Crippen LogP contribution in [0.3, 0.4) is 0 Å². The van der Waals surface area contributed by atoms with Crippen LogP contribution in [0.4, 0.5) is 0 Å². The van der Waals surface area contributed by atoms with Crippen LogP contribution in [0.5, 0.6) is 11.5 Å². The Labute approximate surface area is 82.9 Å². The third-order valence-electron chi connectivity index (χ3n) is 2.07. The Hall–Kier alpha value is -1.26. The van der Waals surface area contributed by atoms with Crippen LogP contribution >= 0.6 is 0 Å². The Morgan fingerprint density at radius 1 is 1.50 bits per heavy atom. The van der Waals surface area contributed by atoms with Crippen LogP contribution in [0.1, 0.15) is 18.0 Å². The molecule has 4 nitrogen and oxygen atoms in total. The summed E-state index contributed by atoms with van der Waals surface area (Å²) in [7, 11) is 1.52. The number of aliphatic hydroxyl groups excluding tert-OH is 1. The molecule has 4 heteroatoms. The fourth-order valence-corrected chi connectivity index (χ4v) is 1.37. The van der Waals surface area contributed by atoms with E-state index in [9.17, 15) is 5.11 Å². The van der Waals surface area contributed by atoms with Crippen molar-refractivity contribution in [1.29, 1.82) is 0 Å². The van der Waals surface area contributed by atoms with E-state index in [1.54, 1.807) is 18.2 Å². The van der Waals surface area contributed by atoms with E-state index in [2.05, 4.69) is 0 Å². The lowest BCUT2D eigenvalue weighted by Crippen LogP contribution is -2.13. The minimum Gasteiger partial charge on any atom is -0.507 e. The number of rotatable bonds is 4. The summed E-state index contributed by atoms with van der Waals surface area (Å²) in [6.45, 7) is -0.0152. The smallest absolute Gasteiger partial charge is 0.127 e. The van der Waals surface area contributed by atoms with Gasteiger partial charge in [-0.25, -0.2) is 0 Å². The molecule has 0 amide bonds. The van der Waals surface area contributed by atoms with E-state index in [0.717, 1.165) is 0 Å². The number of benzene rings is 1. The molecule has 1 aromatic rings. The number of hydrogen-bond donors (Lipinski definition) is 3. The molecule has 0 aliphatic carbocycles. The van der Waals surface area contributed by atoms with Gasteiger partial charge in [0, 0.05) is 12.6 Å². The molecule has 0 aliphatic heterocycles. The number of methoxy groups -OCH3 is 1. The van der Waals surface area contributed by atoms with Gasteiger partial charge in [0.15, 0.2) is 0 Å². The molecule has 0 radical (unpaired) electrons. The second-order valence-corrected chi connectivity index (χ2v) is 3.01. The maximum absolute atomic E-state index is 9.58. The summed E-state index contributed by atoms with van der Waals surface area (Å²) in [6.07, 6.45) is 0.397. The van der Waals surface area contributed by atoms with E-state index in [0.29, 0.717) is 17.7 Å². The molecule has 14 heavy (non-hydrogen) atoms. The van der Waals surface area contributed by atoms with Gasteiger partial charge >= 0.3 is 0 Å². The normalized spacial score (nSPS) is 12.5. The lowest BCUT2D eigenvalue weighted by Gasteiger charge is -2.15. The monoisotopic (exact) mass is 197 g/mol. The number of phenols is 1. The summed E-state index contributed by atoms with van der Waals surface area (Å²) in [5.41, 5.74) is 6.33. The van der Waals surface area contributed by atoms with Gasteiger partial charge < -0.3 is 20.7 Å². The third-order valence-corrected chi connectivity index (χ3v) is 2.07. The molecule has 0 saturated heterocycles. The largest absolute Gasteiger partial charge is 0.507 e. The molecule has 0 fully saturated rings.